The Balaban J connectivity index is 2.19. The van der Waals surface area contributed by atoms with Crippen molar-refractivity contribution >= 4 is 23.2 Å². The maximum absolute atomic E-state index is 6.12. The van der Waals surface area contributed by atoms with E-state index in [2.05, 4.69) is 10.2 Å². The molecule has 1 fully saturated rings. The third-order valence-electron chi connectivity index (χ3n) is 2.97. The third-order valence-corrected chi connectivity index (χ3v) is 3.45. The molecule has 94 valence electrons. The Bertz CT molecular complexity index is 593. The van der Waals surface area contributed by atoms with Crippen LogP contribution in [0.1, 0.15) is 24.6 Å². The first kappa shape index (κ1) is 11.8. The smallest absolute Gasteiger partial charge is 0.229 e. The molecule has 1 aromatic carbocycles. The second-order valence-electron chi connectivity index (χ2n) is 4.25. The van der Waals surface area contributed by atoms with E-state index in [4.69, 9.17) is 27.9 Å². The minimum absolute atomic E-state index is 0.331. The summed E-state index contributed by atoms with van der Waals surface area (Å²) in [4.78, 5) is 0. The summed E-state index contributed by atoms with van der Waals surface area (Å²) in [6, 6.07) is 5.39. The average molecular weight is 284 g/mol. The van der Waals surface area contributed by atoms with Crippen molar-refractivity contribution in [2.75, 3.05) is 7.11 Å². The Labute approximate surface area is 114 Å². The molecule has 1 aromatic heterocycles. The Hall–Kier alpha value is -1.26. The van der Waals surface area contributed by atoms with Crippen molar-refractivity contribution < 1.29 is 4.74 Å². The molecular formula is C12H11Cl2N3O. The highest BCUT2D eigenvalue weighted by atomic mass is 35.5. The quantitative estimate of drug-likeness (QED) is 0.866. The van der Waals surface area contributed by atoms with Crippen molar-refractivity contribution in [3.8, 4) is 11.4 Å². The SMILES string of the molecule is COc1ccc(Cl)cc1-n1c(Cl)nnc1C1CC1. The fourth-order valence-corrected chi connectivity index (χ4v) is 2.32. The Morgan fingerprint density at radius 3 is 2.72 bits per heavy atom. The van der Waals surface area contributed by atoms with E-state index >= 15 is 0 Å². The summed E-state index contributed by atoms with van der Waals surface area (Å²) >= 11 is 12.2. The maximum atomic E-state index is 6.12. The molecule has 0 N–H and O–H groups in total. The minimum atomic E-state index is 0.331. The van der Waals surface area contributed by atoms with Crippen LogP contribution in [0.4, 0.5) is 0 Å². The number of hydrogen-bond acceptors (Lipinski definition) is 3. The molecule has 0 spiro atoms. The first-order valence-electron chi connectivity index (χ1n) is 5.65. The Kier molecular flexibility index (Phi) is 2.92. The second-order valence-corrected chi connectivity index (χ2v) is 5.03. The van der Waals surface area contributed by atoms with Crippen LogP contribution in [0.15, 0.2) is 18.2 Å². The van der Waals surface area contributed by atoms with E-state index in [0.717, 1.165) is 24.4 Å². The highest BCUT2D eigenvalue weighted by molar-refractivity contribution is 6.31. The van der Waals surface area contributed by atoms with Crippen LogP contribution in [0, 0.1) is 0 Å². The minimum Gasteiger partial charge on any atom is -0.495 e. The molecule has 1 aliphatic carbocycles. The van der Waals surface area contributed by atoms with Gasteiger partial charge in [-0.2, -0.15) is 0 Å². The molecule has 0 saturated heterocycles. The fourth-order valence-electron chi connectivity index (χ4n) is 1.94. The first-order valence-corrected chi connectivity index (χ1v) is 6.41. The number of hydrogen-bond donors (Lipinski definition) is 0. The van der Waals surface area contributed by atoms with Gasteiger partial charge in [0.2, 0.25) is 5.28 Å². The molecular weight excluding hydrogens is 273 g/mol. The van der Waals surface area contributed by atoms with Crippen LogP contribution in [0.2, 0.25) is 10.3 Å². The van der Waals surface area contributed by atoms with Crippen molar-refractivity contribution in [3.63, 3.8) is 0 Å². The second kappa shape index (κ2) is 4.44. The van der Waals surface area contributed by atoms with Gasteiger partial charge in [-0.05, 0) is 42.6 Å². The monoisotopic (exact) mass is 283 g/mol. The van der Waals surface area contributed by atoms with Gasteiger partial charge in [0.25, 0.3) is 0 Å². The standard InChI is InChI=1S/C12H11Cl2N3O/c1-18-10-5-4-8(13)6-9(10)17-11(7-2-3-7)15-16-12(17)14/h4-7H,2-3H2,1H3. The van der Waals surface area contributed by atoms with Crippen LogP contribution in [-0.4, -0.2) is 21.9 Å². The normalized spacial score (nSPS) is 14.8. The fraction of sp³-hybridized carbons (Fsp3) is 0.333. The summed E-state index contributed by atoms with van der Waals surface area (Å²) in [6.07, 6.45) is 2.25. The van der Waals surface area contributed by atoms with Gasteiger partial charge < -0.3 is 4.74 Å². The van der Waals surface area contributed by atoms with Crippen LogP contribution >= 0.6 is 23.2 Å². The lowest BCUT2D eigenvalue weighted by Gasteiger charge is -2.12. The lowest BCUT2D eigenvalue weighted by molar-refractivity contribution is 0.412. The lowest BCUT2D eigenvalue weighted by atomic mass is 10.2. The van der Waals surface area contributed by atoms with E-state index in [-0.39, 0.29) is 0 Å². The predicted octanol–water partition coefficient (Wildman–Crippen LogP) is 3.46. The Morgan fingerprint density at radius 2 is 2.06 bits per heavy atom. The highest BCUT2D eigenvalue weighted by Crippen LogP contribution is 2.42. The predicted molar refractivity (Wildman–Crippen MR) is 69.9 cm³/mol. The van der Waals surface area contributed by atoms with E-state index in [0.29, 0.717) is 22.0 Å². The molecule has 1 heterocycles. The van der Waals surface area contributed by atoms with E-state index in [1.54, 1.807) is 13.2 Å². The molecule has 0 atom stereocenters. The summed E-state index contributed by atoms with van der Waals surface area (Å²) in [6.45, 7) is 0. The molecule has 1 saturated carbocycles. The number of ether oxygens (including phenoxy) is 1. The Morgan fingerprint density at radius 1 is 1.28 bits per heavy atom. The van der Waals surface area contributed by atoms with Crippen LogP contribution in [0.3, 0.4) is 0 Å². The molecule has 0 unspecified atom stereocenters. The molecule has 1 aliphatic rings. The molecule has 2 aromatic rings. The van der Waals surface area contributed by atoms with Crippen LogP contribution in [0.5, 0.6) is 5.75 Å². The number of rotatable bonds is 3. The number of halogens is 2. The van der Waals surface area contributed by atoms with Crippen molar-refractivity contribution in [2.24, 2.45) is 0 Å². The van der Waals surface area contributed by atoms with Gasteiger partial charge >= 0.3 is 0 Å². The zero-order valence-corrected chi connectivity index (χ0v) is 11.2. The molecule has 6 heteroatoms. The van der Waals surface area contributed by atoms with Gasteiger partial charge in [-0.1, -0.05) is 11.6 Å². The van der Waals surface area contributed by atoms with Crippen molar-refractivity contribution in [1.29, 1.82) is 0 Å². The number of benzene rings is 1. The maximum Gasteiger partial charge on any atom is 0.229 e. The van der Waals surface area contributed by atoms with Gasteiger partial charge in [0.05, 0.1) is 12.8 Å². The summed E-state index contributed by atoms with van der Waals surface area (Å²) in [5.74, 6) is 2.01. The van der Waals surface area contributed by atoms with Gasteiger partial charge in [-0.25, -0.2) is 0 Å². The van der Waals surface area contributed by atoms with E-state index < -0.39 is 0 Å². The number of nitrogens with zero attached hydrogens (tertiary/aromatic N) is 3. The highest BCUT2D eigenvalue weighted by Gasteiger charge is 2.31. The van der Waals surface area contributed by atoms with Gasteiger partial charge in [-0.3, -0.25) is 4.57 Å². The van der Waals surface area contributed by atoms with Crippen molar-refractivity contribution in [2.45, 2.75) is 18.8 Å². The first-order chi connectivity index (χ1) is 8.70. The van der Waals surface area contributed by atoms with Crippen LogP contribution in [0.25, 0.3) is 5.69 Å². The average Bonchev–Trinajstić information content (AvgIpc) is 3.13. The van der Waals surface area contributed by atoms with Crippen molar-refractivity contribution in [1.82, 2.24) is 14.8 Å². The van der Waals surface area contributed by atoms with E-state index in [9.17, 15) is 0 Å². The summed E-state index contributed by atoms with van der Waals surface area (Å²) < 4.78 is 7.15. The largest absolute Gasteiger partial charge is 0.495 e. The lowest BCUT2D eigenvalue weighted by Crippen LogP contribution is -2.02. The third kappa shape index (κ3) is 1.95. The summed E-state index contributed by atoms with van der Waals surface area (Å²) in [5, 5.41) is 9.03. The van der Waals surface area contributed by atoms with Gasteiger partial charge in [0, 0.05) is 10.9 Å². The van der Waals surface area contributed by atoms with Crippen LogP contribution in [-0.2, 0) is 0 Å². The van der Waals surface area contributed by atoms with Crippen LogP contribution < -0.4 is 4.74 Å². The zero-order chi connectivity index (χ0) is 12.7. The summed E-state index contributed by atoms with van der Waals surface area (Å²) in [7, 11) is 1.61. The molecule has 0 amide bonds. The molecule has 4 nitrogen and oxygen atoms in total. The van der Waals surface area contributed by atoms with Gasteiger partial charge in [0.15, 0.2) is 0 Å². The molecule has 18 heavy (non-hydrogen) atoms. The summed E-state index contributed by atoms with van der Waals surface area (Å²) in [5.41, 5.74) is 0.780. The van der Waals surface area contributed by atoms with E-state index in [1.807, 2.05) is 16.7 Å². The zero-order valence-electron chi connectivity index (χ0n) is 9.73. The molecule has 0 bridgehead atoms. The molecule has 0 radical (unpaired) electrons. The number of aromatic nitrogens is 3. The van der Waals surface area contributed by atoms with Crippen molar-refractivity contribution in [3.05, 3.63) is 34.3 Å². The van der Waals surface area contributed by atoms with Gasteiger partial charge in [0.1, 0.15) is 11.6 Å². The topological polar surface area (TPSA) is 39.9 Å². The van der Waals surface area contributed by atoms with Gasteiger partial charge in [-0.15, -0.1) is 10.2 Å². The molecule has 3 rings (SSSR count). The van der Waals surface area contributed by atoms with E-state index in [1.165, 1.54) is 0 Å². The molecule has 0 aliphatic heterocycles. The number of methoxy groups -OCH3 is 1.